The molecule has 4 N–H and O–H groups in total. The Kier molecular flexibility index (Phi) is 6.83. The van der Waals surface area contributed by atoms with Crippen LogP contribution in [-0.2, 0) is 20.8 Å². The summed E-state index contributed by atoms with van der Waals surface area (Å²) in [4.78, 5) is 52.6. The van der Waals surface area contributed by atoms with Crippen LogP contribution in [0.3, 0.4) is 0 Å². The molecule has 0 aliphatic carbocycles. The van der Waals surface area contributed by atoms with Crippen LogP contribution in [0.1, 0.15) is 28.9 Å². The number of aromatic nitrogens is 1. The van der Waals surface area contributed by atoms with Crippen molar-refractivity contribution in [2.45, 2.75) is 31.3 Å². The van der Waals surface area contributed by atoms with E-state index in [1.807, 2.05) is 54.6 Å². The first-order chi connectivity index (χ1) is 16.0. The number of hydrogen-bond donors (Lipinski definition) is 4. The number of benzene rings is 2. The summed E-state index contributed by atoms with van der Waals surface area (Å²) in [7, 11) is 0. The summed E-state index contributed by atoms with van der Waals surface area (Å²) in [5.41, 5.74) is 2.03. The molecule has 2 aromatic carbocycles. The largest absolute Gasteiger partial charge is 0.356 e. The van der Waals surface area contributed by atoms with Crippen molar-refractivity contribution in [3.8, 4) is 0 Å². The van der Waals surface area contributed by atoms with E-state index in [1.165, 1.54) is 0 Å². The standard InChI is InChI=1S/C25H26N4O4/c30-15-19(13-18-10-11-26-23(18)31)27-24(32)21(12-16-6-2-1-3-7-16)29-25(33)22-14-17-8-4-5-9-20(17)28-22/h1-9,14-15,18-19,21,28H,10-13H2,(H,26,31)(H,27,32)(H,29,33)/t18-,19-,21-/m0/s1. The highest BCUT2D eigenvalue weighted by Gasteiger charge is 2.30. The summed E-state index contributed by atoms with van der Waals surface area (Å²) in [5, 5.41) is 9.13. The van der Waals surface area contributed by atoms with E-state index in [-0.39, 0.29) is 24.7 Å². The van der Waals surface area contributed by atoms with Gasteiger partial charge in [0.2, 0.25) is 11.8 Å². The topological polar surface area (TPSA) is 120 Å². The van der Waals surface area contributed by atoms with Gasteiger partial charge in [0, 0.05) is 29.8 Å². The van der Waals surface area contributed by atoms with Crippen molar-refractivity contribution in [1.82, 2.24) is 20.9 Å². The highest BCUT2D eigenvalue weighted by molar-refractivity contribution is 6.00. The molecule has 3 amide bonds. The molecule has 3 aromatic rings. The van der Waals surface area contributed by atoms with E-state index < -0.39 is 23.9 Å². The molecule has 1 aliphatic heterocycles. The molecule has 8 heteroatoms. The second-order valence-electron chi connectivity index (χ2n) is 8.25. The third-order valence-corrected chi connectivity index (χ3v) is 5.87. The molecule has 1 saturated heterocycles. The van der Waals surface area contributed by atoms with Gasteiger partial charge in [0.05, 0.1) is 6.04 Å². The summed E-state index contributed by atoms with van der Waals surface area (Å²) in [5.74, 6) is -1.31. The minimum Gasteiger partial charge on any atom is -0.356 e. The number of carbonyl (C=O) groups excluding carboxylic acids is 4. The number of carbonyl (C=O) groups is 4. The zero-order chi connectivity index (χ0) is 23.2. The Labute approximate surface area is 191 Å². The minimum absolute atomic E-state index is 0.107. The van der Waals surface area contributed by atoms with E-state index >= 15 is 0 Å². The fourth-order valence-corrected chi connectivity index (χ4v) is 4.10. The predicted molar refractivity (Wildman–Crippen MR) is 123 cm³/mol. The average Bonchev–Trinajstić information content (AvgIpc) is 3.44. The van der Waals surface area contributed by atoms with E-state index in [1.54, 1.807) is 6.07 Å². The third-order valence-electron chi connectivity index (χ3n) is 5.87. The van der Waals surface area contributed by atoms with Gasteiger partial charge in [-0.3, -0.25) is 14.4 Å². The first-order valence-electron chi connectivity index (χ1n) is 11.0. The fourth-order valence-electron chi connectivity index (χ4n) is 4.10. The summed E-state index contributed by atoms with van der Waals surface area (Å²) in [6, 6.07) is 16.9. The van der Waals surface area contributed by atoms with Gasteiger partial charge in [0.1, 0.15) is 18.0 Å². The molecule has 170 valence electrons. The van der Waals surface area contributed by atoms with Crippen molar-refractivity contribution in [3.05, 3.63) is 71.9 Å². The summed E-state index contributed by atoms with van der Waals surface area (Å²) >= 11 is 0. The smallest absolute Gasteiger partial charge is 0.268 e. The van der Waals surface area contributed by atoms with Gasteiger partial charge in [-0.2, -0.15) is 0 Å². The van der Waals surface area contributed by atoms with E-state index in [9.17, 15) is 19.2 Å². The lowest BCUT2D eigenvalue weighted by Crippen LogP contribution is -2.51. The van der Waals surface area contributed by atoms with E-state index in [2.05, 4.69) is 20.9 Å². The number of H-pyrrole nitrogens is 1. The molecule has 0 unspecified atom stereocenters. The molecule has 0 saturated carbocycles. The summed E-state index contributed by atoms with van der Waals surface area (Å²) in [6.07, 6.45) is 1.76. The van der Waals surface area contributed by atoms with Crippen LogP contribution in [0.15, 0.2) is 60.7 Å². The van der Waals surface area contributed by atoms with Crippen molar-refractivity contribution in [1.29, 1.82) is 0 Å². The van der Waals surface area contributed by atoms with E-state index in [0.717, 1.165) is 16.5 Å². The second-order valence-corrected chi connectivity index (χ2v) is 8.25. The summed E-state index contributed by atoms with van der Waals surface area (Å²) < 4.78 is 0. The van der Waals surface area contributed by atoms with Gasteiger partial charge >= 0.3 is 0 Å². The van der Waals surface area contributed by atoms with Crippen LogP contribution in [0.25, 0.3) is 10.9 Å². The Morgan fingerprint density at radius 1 is 1.06 bits per heavy atom. The van der Waals surface area contributed by atoms with Gasteiger partial charge in [-0.15, -0.1) is 0 Å². The Hall–Kier alpha value is -3.94. The molecule has 1 aliphatic rings. The maximum absolute atomic E-state index is 13.1. The number of rotatable bonds is 9. The van der Waals surface area contributed by atoms with E-state index in [4.69, 9.17) is 0 Å². The normalized spacial score (nSPS) is 17.2. The van der Waals surface area contributed by atoms with Crippen LogP contribution < -0.4 is 16.0 Å². The SMILES string of the molecule is O=C[C@H](C[C@@H]1CCNC1=O)NC(=O)[C@H](Cc1ccccc1)NC(=O)c1cc2ccccc2[nH]1. The predicted octanol–water partition coefficient (Wildman–Crippen LogP) is 1.72. The maximum Gasteiger partial charge on any atom is 0.268 e. The summed E-state index contributed by atoms with van der Waals surface area (Å²) in [6.45, 7) is 0.570. The molecule has 0 spiro atoms. The first kappa shape index (κ1) is 22.3. The zero-order valence-electron chi connectivity index (χ0n) is 18.0. The van der Waals surface area contributed by atoms with Crippen LogP contribution in [0.4, 0.5) is 0 Å². The average molecular weight is 447 g/mol. The highest BCUT2D eigenvalue weighted by atomic mass is 16.2. The van der Waals surface area contributed by atoms with Crippen LogP contribution in [-0.4, -0.2) is 47.6 Å². The lowest BCUT2D eigenvalue weighted by Gasteiger charge is -2.22. The Morgan fingerprint density at radius 2 is 1.82 bits per heavy atom. The molecule has 4 rings (SSSR count). The van der Waals surface area contributed by atoms with Crippen molar-refractivity contribution < 1.29 is 19.2 Å². The molecular weight excluding hydrogens is 420 g/mol. The molecule has 2 heterocycles. The Balaban J connectivity index is 1.49. The number of aromatic amines is 1. The number of para-hydroxylation sites is 1. The van der Waals surface area contributed by atoms with Gasteiger partial charge in [0.15, 0.2) is 0 Å². The molecule has 1 fully saturated rings. The molecule has 3 atom stereocenters. The number of nitrogens with one attached hydrogen (secondary N) is 4. The van der Waals surface area contributed by atoms with Gasteiger partial charge in [-0.05, 0) is 30.5 Å². The lowest BCUT2D eigenvalue weighted by atomic mass is 9.98. The quantitative estimate of drug-likeness (QED) is 0.374. The molecule has 33 heavy (non-hydrogen) atoms. The van der Waals surface area contributed by atoms with Crippen LogP contribution in [0.2, 0.25) is 0 Å². The van der Waals surface area contributed by atoms with Crippen molar-refractivity contribution >= 4 is 34.9 Å². The van der Waals surface area contributed by atoms with Crippen LogP contribution in [0.5, 0.6) is 0 Å². The minimum atomic E-state index is -0.897. The van der Waals surface area contributed by atoms with Gasteiger partial charge in [-0.25, -0.2) is 0 Å². The molecule has 1 aromatic heterocycles. The second kappa shape index (κ2) is 10.1. The maximum atomic E-state index is 13.1. The number of aldehydes is 1. The molecule has 0 radical (unpaired) electrons. The Morgan fingerprint density at radius 3 is 2.52 bits per heavy atom. The van der Waals surface area contributed by atoms with E-state index in [0.29, 0.717) is 24.9 Å². The number of amides is 3. The molecule has 8 nitrogen and oxygen atoms in total. The Bertz CT molecular complexity index is 1120. The van der Waals surface area contributed by atoms with Crippen LogP contribution >= 0.6 is 0 Å². The monoisotopic (exact) mass is 446 g/mol. The zero-order valence-corrected chi connectivity index (χ0v) is 18.0. The first-order valence-corrected chi connectivity index (χ1v) is 11.0. The van der Waals surface area contributed by atoms with Crippen molar-refractivity contribution in [2.75, 3.05) is 6.54 Å². The van der Waals surface area contributed by atoms with Crippen molar-refractivity contribution in [3.63, 3.8) is 0 Å². The highest BCUT2D eigenvalue weighted by Crippen LogP contribution is 2.17. The van der Waals surface area contributed by atoms with Gasteiger partial charge in [-0.1, -0.05) is 48.5 Å². The van der Waals surface area contributed by atoms with Crippen molar-refractivity contribution in [2.24, 2.45) is 5.92 Å². The van der Waals surface area contributed by atoms with Gasteiger partial charge in [0.25, 0.3) is 5.91 Å². The number of fused-ring (bicyclic) bond motifs is 1. The fraction of sp³-hybridized carbons (Fsp3) is 0.280. The third kappa shape index (κ3) is 5.46. The van der Waals surface area contributed by atoms with Crippen LogP contribution in [0, 0.1) is 5.92 Å². The molecule has 0 bridgehead atoms. The number of hydrogen-bond acceptors (Lipinski definition) is 4. The molecular formula is C25H26N4O4. The lowest BCUT2D eigenvalue weighted by molar-refractivity contribution is -0.127. The van der Waals surface area contributed by atoms with Gasteiger partial charge < -0.3 is 25.7 Å².